The lowest BCUT2D eigenvalue weighted by molar-refractivity contribution is -0.133. The molecule has 0 aliphatic carbocycles. The van der Waals surface area contributed by atoms with Gasteiger partial charge in [-0.25, -0.2) is 9.48 Å². The molecule has 0 aromatic carbocycles. The number of ether oxygens (including phenoxy) is 1. The Balaban J connectivity index is 2.01. The van der Waals surface area contributed by atoms with Crippen LogP contribution in [0.3, 0.4) is 0 Å². The molecule has 0 spiro atoms. The maximum absolute atomic E-state index is 12.3. The van der Waals surface area contributed by atoms with Crippen molar-refractivity contribution in [1.29, 1.82) is 0 Å². The number of aromatic carboxylic acids is 1. The Bertz CT molecular complexity index is 622. The Kier molecular flexibility index (Phi) is 5.26. The van der Waals surface area contributed by atoms with E-state index < -0.39 is 5.97 Å². The summed E-state index contributed by atoms with van der Waals surface area (Å²) in [4.78, 5) is 24.6. The Labute approximate surface area is 126 Å². The van der Waals surface area contributed by atoms with Crippen molar-refractivity contribution in [1.82, 2.24) is 19.9 Å². The van der Waals surface area contributed by atoms with Gasteiger partial charge < -0.3 is 19.2 Å². The number of rotatable bonds is 8. The maximum Gasteiger partial charge on any atom is 0.358 e. The number of carbonyl (C=O) groups is 2. The van der Waals surface area contributed by atoms with Crippen molar-refractivity contribution in [3.05, 3.63) is 36.0 Å². The van der Waals surface area contributed by atoms with Crippen molar-refractivity contribution in [3.8, 4) is 0 Å². The molecule has 0 saturated heterocycles. The number of nitrogens with zero attached hydrogens (tertiary/aromatic N) is 4. The summed E-state index contributed by atoms with van der Waals surface area (Å²) in [5.74, 6) is -0.782. The fourth-order valence-corrected chi connectivity index (χ4v) is 1.80. The first-order chi connectivity index (χ1) is 10.6. The van der Waals surface area contributed by atoms with E-state index in [9.17, 15) is 9.59 Å². The van der Waals surface area contributed by atoms with Gasteiger partial charge in [0, 0.05) is 13.7 Å². The van der Waals surface area contributed by atoms with E-state index in [2.05, 4.69) is 10.3 Å². The van der Waals surface area contributed by atoms with Crippen LogP contribution in [0.4, 0.5) is 0 Å². The lowest BCUT2D eigenvalue weighted by Crippen LogP contribution is -2.36. The minimum Gasteiger partial charge on any atom is -0.476 e. The zero-order valence-electron chi connectivity index (χ0n) is 12.0. The van der Waals surface area contributed by atoms with Crippen LogP contribution in [0.5, 0.6) is 0 Å². The number of amides is 1. The molecule has 0 saturated carbocycles. The van der Waals surface area contributed by atoms with Crippen molar-refractivity contribution in [2.75, 3.05) is 20.3 Å². The second-order valence-electron chi connectivity index (χ2n) is 4.49. The second-order valence-corrected chi connectivity index (χ2v) is 4.49. The van der Waals surface area contributed by atoms with Crippen molar-refractivity contribution < 1.29 is 23.8 Å². The number of aromatic nitrogens is 3. The standard InChI is InChI=1S/C13H16N4O5/c1-21-6-4-16(7-10-3-2-5-22-10)12(18)9-17-8-11(13(19)20)14-15-17/h2-3,5,8H,4,6-7,9H2,1H3,(H,19,20). The van der Waals surface area contributed by atoms with E-state index >= 15 is 0 Å². The summed E-state index contributed by atoms with van der Waals surface area (Å²) in [7, 11) is 1.55. The van der Waals surface area contributed by atoms with Crippen molar-refractivity contribution in [2.24, 2.45) is 0 Å². The minimum atomic E-state index is -1.19. The SMILES string of the molecule is COCCN(Cc1ccco1)C(=O)Cn1cc(C(=O)O)nn1. The number of carboxylic acids is 1. The van der Waals surface area contributed by atoms with Gasteiger partial charge in [0.15, 0.2) is 5.69 Å². The van der Waals surface area contributed by atoms with Crippen LogP contribution in [0.25, 0.3) is 0 Å². The van der Waals surface area contributed by atoms with Gasteiger partial charge in [-0.15, -0.1) is 5.10 Å². The molecule has 2 rings (SSSR count). The van der Waals surface area contributed by atoms with Crippen LogP contribution in [0, 0.1) is 0 Å². The number of hydrogen-bond acceptors (Lipinski definition) is 6. The fraction of sp³-hybridized carbons (Fsp3) is 0.385. The van der Waals surface area contributed by atoms with Gasteiger partial charge in [0.1, 0.15) is 12.3 Å². The molecule has 1 amide bonds. The first kappa shape index (κ1) is 15.7. The first-order valence-electron chi connectivity index (χ1n) is 6.52. The van der Waals surface area contributed by atoms with Gasteiger partial charge in [0.05, 0.1) is 25.6 Å². The zero-order valence-corrected chi connectivity index (χ0v) is 12.0. The molecular weight excluding hydrogens is 292 g/mol. The number of furan rings is 1. The van der Waals surface area contributed by atoms with Gasteiger partial charge in [-0.3, -0.25) is 4.79 Å². The Morgan fingerprint density at radius 2 is 2.32 bits per heavy atom. The smallest absolute Gasteiger partial charge is 0.358 e. The number of methoxy groups -OCH3 is 1. The van der Waals surface area contributed by atoms with E-state index in [1.54, 1.807) is 24.1 Å². The minimum absolute atomic E-state index is 0.106. The van der Waals surface area contributed by atoms with Crippen molar-refractivity contribution >= 4 is 11.9 Å². The maximum atomic E-state index is 12.3. The fourth-order valence-electron chi connectivity index (χ4n) is 1.80. The largest absolute Gasteiger partial charge is 0.476 e. The summed E-state index contributed by atoms with van der Waals surface area (Å²) in [5, 5.41) is 15.9. The summed E-state index contributed by atoms with van der Waals surface area (Å²) < 4.78 is 11.4. The van der Waals surface area contributed by atoms with Crippen LogP contribution in [0.2, 0.25) is 0 Å². The van der Waals surface area contributed by atoms with Gasteiger partial charge in [0.2, 0.25) is 5.91 Å². The van der Waals surface area contributed by atoms with Crippen molar-refractivity contribution in [2.45, 2.75) is 13.1 Å². The highest BCUT2D eigenvalue weighted by atomic mass is 16.5. The highest BCUT2D eigenvalue weighted by Gasteiger charge is 2.17. The molecule has 0 fully saturated rings. The highest BCUT2D eigenvalue weighted by molar-refractivity contribution is 5.84. The molecule has 0 unspecified atom stereocenters. The predicted octanol–water partition coefficient (Wildman–Crippen LogP) is 0.245. The quantitative estimate of drug-likeness (QED) is 0.743. The normalized spacial score (nSPS) is 10.6. The topological polar surface area (TPSA) is 111 Å². The monoisotopic (exact) mass is 308 g/mol. The van der Waals surface area contributed by atoms with E-state index in [4.69, 9.17) is 14.3 Å². The molecule has 1 N–H and O–H groups in total. The van der Waals surface area contributed by atoms with Crippen LogP contribution in [0.15, 0.2) is 29.0 Å². The molecule has 2 aromatic heterocycles. The van der Waals surface area contributed by atoms with Crippen LogP contribution < -0.4 is 0 Å². The van der Waals surface area contributed by atoms with Gasteiger partial charge >= 0.3 is 5.97 Å². The summed E-state index contributed by atoms with van der Waals surface area (Å²) in [6.07, 6.45) is 2.74. The Hall–Kier alpha value is -2.68. The second kappa shape index (κ2) is 7.36. The number of carboxylic acid groups (broad SMARTS) is 1. The molecule has 0 radical (unpaired) electrons. The highest BCUT2D eigenvalue weighted by Crippen LogP contribution is 2.06. The zero-order chi connectivity index (χ0) is 15.9. The average molecular weight is 308 g/mol. The Morgan fingerprint density at radius 3 is 2.91 bits per heavy atom. The molecule has 9 heteroatoms. The molecular formula is C13H16N4O5. The summed E-state index contributed by atoms with van der Waals surface area (Å²) in [6, 6.07) is 3.51. The van der Waals surface area contributed by atoms with Crippen LogP contribution >= 0.6 is 0 Å². The molecule has 118 valence electrons. The lowest BCUT2D eigenvalue weighted by atomic mass is 10.3. The van der Waals surface area contributed by atoms with Gasteiger partial charge in [0.25, 0.3) is 0 Å². The Morgan fingerprint density at radius 1 is 1.50 bits per heavy atom. The third kappa shape index (κ3) is 4.16. The molecule has 0 aliphatic rings. The summed E-state index contributed by atoms with van der Waals surface area (Å²) in [6.45, 7) is 0.959. The van der Waals surface area contributed by atoms with Crippen LogP contribution in [-0.2, 0) is 22.6 Å². The van der Waals surface area contributed by atoms with Crippen LogP contribution in [-0.4, -0.2) is 57.1 Å². The molecule has 2 heterocycles. The molecule has 0 bridgehead atoms. The van der Waals surface area contributed by atoms with E-state index in [1.807, 2.05) is 0 Å². The molecule has 0 atom stereocenters. The predicted molar refractivity (Wildman–Crippen MR) is 73.0 cm³/mol. The lowest BCUT2D eigenvalue weighted by Gasteiger charge is -2.21. The first-order valence-corrected chi connectivity index (χ1v) is 6.52. The average Bonchev–Trinajstić information content (AvgIpc) is 3.14. The van der Waals surface area contributed by atoms with Crippen LogP contribution in [0.1, 0.15) is 16.2 Å². The third-order valence-corrected chi connectivity index (χ3v) is 2.90. The molecule has 9 nitrogen and oxygen atoms in total. The molecule has 2 aromatic rings. The summed E-state index contributed by atoms with van der Waals surface area (Å²) >= 11 is 0. The number of carbonyl (C=O) groups excluding carboxylic acids is 1. The van der Waals surface area contributed by atoms with E-state index in [1.165, 1.54) is 17.1 Å². The number of hydrogen-bond donors (Lipinski definition) is 1. The molecule has 22 heavy (non-hydrogen) atoms. The van der Waals surface area contributed by atoms with Crippen molar-refractivity contribution in [3.63, 3.8) is 0 Å². The van der Waals surface area contributed by atoms with E-state index in [0.717, 1.165) is 0 Å². The van der Waals surface area contributed by atoms with Gasteiger partial charge in [-0.1, -0.05) is 5.21 Å². The van der Waals surface area contributed by atoms with Gasteiger partial charge in [-0.05, 0) is 12.1 Å². The molecule has 0 aliphatic heterocycles. The van der Waals surface area contributed by atoms with E-state index in [0.29, 0.717) is 25.5 Å². The van der Waals surface area contributed by atoms with Gasteiger partial charge in [-0.2, -0.15) is 0 Å². The van der Waals surface area contributed by atoms with E-state index in [-0.39, 0.29) is 18.1 Å². The third-order valence-electron chi connectivity index (χ3n) is 2.90. The summed E-state index contributed by atoms with van der Waals surface area (Å²) in [5.41, 5.74) is -0.206.